The van der Waals surface area contributed by atoms with E-state index in [0.29, 0.717) is 12.8 Å². The molecule has 2 aromatic rings. The van der Waals surface area contributed by atoms with Gasteiger partial charge >= 0.3 is 6.09 Å². The zero-order chi connectivity index (χ0) is 20.5. The van der Waals surface area contributed by atoms with Crippen LogP contribution in [-0.2, 0) is 11.3 Å². The van der Waals surface area contributed by atoms with Crippen LogP contribution in [0.2, 0.25) is 0 Å². The van der Waals surface area contributed by atoms with Gasteiger partial charge in [-0.1, -0.05) is 30.3 Å². The molecule has 2 bridgehead atoms. The molecule has 2 aliphatic rings. The van der Waals surface area contributed by atoms with Crippen LogP contribution in [0.3, 0.4) is 0 Å². The lowest BCUT2D eigenvalue weighted by atomic mass is 9.84. The fourth-order valence-electron chi connectivity index (χ4n) is 4.55. The second-order valence-electron chi connectivity index (χ2n) is 7.95. The van der Waals surface area contributed by atoms with Crippen molar-refractivity contribution in [3.05, 3.63) is 70.8 Å². The number of benzene rings is 2. The molecule has 4 rings (SSSR count). The normalized spacial score (nSPS) is 23.1. The minimum absolute atomic E-state index is 0.0617. The standard InChI is InChI=1S/C23H23F2NO3/c1-14-9-19(21(25)12-20(14)24)22(27)16-10-17-7-8-18(11-16)26(17)23(28)29-13-15-5-3-2-4-6-15/h2-6,9,12,16-18H,7-8,10-11,13H2,1H3. The molecule has 4 nitrogen and oxygen atoms in total. The number of ketones is 1. The van der Waals surface area contributed by atoms with Crippen LogP contribution in [0.1, 0.15) is 47.2 Å². The molecule has 0 N–H and O–H groups in total. The maximum atomic E-state index is 14.2. The first-order valence-electron chi connectivity index (χ1n) is 9.93. The number of carbonyl (C=O) groups is 2. The molecule has 0 aliphatic carbocycles. The Morgan fingerprint density at radius 2 is 1.69 bits per heavy atom. The van der Waals surface area contributed by atoms with Gasteiger partial charge < -0.3 is 9.64 Å². The summed E-state index contributed by atoms with van der Waals surface area (Å²) in [5.74, 6) is -2.16. The first-order chi connectivity index (χ1) is 13.9. The Morgan fingerprint density at radius 3 is 2.34 bits per heavy atom. The number of ether oxygens (including phenoxy) is 1. The third kappa shape index (κ3) is 3.88. The SMILES string of the molecule is Cc1cc(C(=O)C2CC3CCC(C2)N3C(=O)OCc2ccccc2)c(F)cc1F. The van der Waals surface area contributed by atoms with E-state index in [9.17, 15) is 18.4 Å². The number of carbonyl (C=O) groups excluding carboxylic acids is 2. The second-order valence-corrected chi connectivity index (χ2v) is 7.95. The Morgan fingerprint density at radius 1 is 1.03 bits per heavy atom. The van der Waals surface area contributed by atoms with Crippen LogP contribution in [-0.4, -0.2) is 28.9 Å². The van der Waals surface area contributed by atoms with Gasteiger partial charge in [0.05, 0.1) is 5.56 Å². The maximum absolute atomic E-state index is 14.2. The van der Waals surface area contributed by atoms with Gasteiger partial charge in [-0.3, -0.25) is 4.79 Å². The van der Waals surface area contributed by atoms with Crippen LogP contribution in [0.4, 0.5) is 13.6 Å². The summed E-state index contributed by atoms with van der Waals surface area (Å²) in [5.41, 5.74) is 1.11. The van der Waals surface area contributed by atoms with E-state index in [0.717, 1.165) is 24.5 Å². The fourth-order valence-corrected chi connectivity index (χ4v) is 4.55. The number of halogens is 2. The number of fused-ring (bicyclic) bond motifs is 2. The lowest BCUT2D eigenvalue weighted by molar-refractivity contribution is 0.0483. The first kappa shape index (κ1) is 19.6. The van der Waals surface area contributed by atoms with Crippen molar-refractivity contribution < 1.29 is 23.1 Å². The van der Waals surface area contributed by atoms with Crippen LogP contribution in [0.25, 0.3) is 0 Å². The minimum Gasteiger partial charge on any atom is -0.445 e. The number of hydrogen-bond donors (Lipinski definition) is 0. The van der Waals surface area contributed by atoms with Crippen molar-refractivity contribution in [2.75, 3.05) is 0 Å². The monoisotopic (exact) mass is 399 g/mol. The minimum atomic E-state index is -0.824. The highest BCUT2D eigenvalue weighted by atomic mass is 19.1. The summed E-state index contributed by atoms with van der Waals surface area (Å²) >= 11 is 0. The molecular formula is C23H23F2NO3. The molecule has 0 spiro atoms. The van der Waals surface area contributed by atoms with Crippen molar-refractivity contribution in [2.45, 2.75) is 51.3 Å². The summed E-state index contributed by atoms with van der Waals surface area (Å²) in [6.45, 7) is 1.72. The van der Waals surface area contributed by atoms with Gasteiger partial charge in [0.25, 0.3) is 0 Å². The molecular weight excluding hydrogens is 376 g/mol. The van der Waals surface area contributed by atoms with E-state index in [2.05, 4.69) is 0 Å². The molecule has 152 valence electrons. The van der Waals surface area contributed by atoms with E-state index < -0.39 is 11.6 Å². The summed E-state index contributed by atoms with van der Waals surface area (Å²) in [6.07, 6.45) is 2.20. The molecule has 2 heterocycles. The molecule has 2 aromatic carbocycles. The maximum Gasteiger partial charge on any atom is 0.410 e. The third-order valence-electron chi connectivity index (χ3n) is 6.03. The van der Waals surface area contributed by atoms with Gasteiger partial charge in [0.1, 0.15) is 18.2 Å². The van der Waals surface area contributed by atoms with Gasteiger partial charge in [-0.15, -0.1) is 0 Å². The molecule has 1 amide bonds. The van der Waals surface area contributed by atoms with Crippen molar-refractivity contribution in [3.63, 3.8) is 0 Å². The van der Waals surface area contributed by atoms with Crippen molar-refractivity contribution >= 4 is 11.9 Å². The van der Waals surface area contributed by atoms with E-state index in [1.165, 1.54) is 13.0 Å². The molecule has 2 saturated heterocycles. The molecule has 29 heavy (non-hydrogen) atoms. The smallest absolute Gasteiger partial charge is 0.410 e. The average Bonchev–Trinajstić information content (AvgIpc) is 2.98. The van der Waals surface area contributed by atoms with Crippen molar-refractivity contribution in [2.24, 2.45) is 5.92 Å². The topological polar surface area (TPSA) is 46.6 Å². The zero-order valence-electron chi connectivity index (χ0n) is 16.2. The fraction of sp³-hybridized carbons (Fsp3) is 0.391. The van der Waals surface area contributed by atoms with Gasteiger partial charge in [-0.2, -0.15) is 0 Å². The van der Waals surface area contributed by atoms with Crippen LogP contribution < -0.4 is 0 Å². The number of piperidine rings is 1. The van der Waals surface area contributed by atoms with Crippen molar-refractivity contribution in [1.82, 2.24) is 4.90 Å². The summed E-state index contributed by atoms with van der Waals surface area (Å²) in [7, 11) is 0. The molecule has 2 fully saturated rings. The molecule has 0 saturated carbocycles. The number of amides is 1. The third-order valence-corrected chi connectivity index (χ3v) is 6.03. The highest BCUT2D eigenvalue weighted by molar-refractivity contribution is 5.98. The summed E-state index contributed by atoms with van der Waals surface area (Å²) in [5, 5.41) is 0. The van der Waals surface area contributed by atoms with Crippen LogP contribution in [0, 0.1) is 24.5 Å². The molecule has 0 aromatic heterocycles. The molecule has 0 radical (unpaired) electrons. The first-order valence-corrected chi connectivity index (χ1v) is 9.93. The van der Waals surface area contributed by atoms with Gasteiger partial charge in [0.15, 0.2) is 5.78 Å². The Hall–Kier alpha value is -2.76. The molecule has 2 unspecified atom stereocenters. The van der Waals surface area contributed by atoms with E-state index in [1.54, 1.807) is 4.90 Å². The van der Waals surface area contributed by atoms with Crippen molar-refractivity contribution in [3.8, 4) is 0 Å². The van der Waals surface area contributed by atoms with Crippen LogP contribution >= 0.6 is 0 Å². The highest BCUT2D eigenvalue weighted by Gasteiger charge is 2.46. The number of nitrogens with zero attached hydrogens (tertiary/aromatic N) is 1. The van der Waals surface area contributed by atoms with E-state index in [-0.39, 0.29) is 47.6 Å². The van der Waals surface area contributed by atoms with Gasteiger partial charge in [0.2, 0.25) is 0 Å². The van der Waals surface area contributed by atoms with Gasteiger partial charge in [0, 0.05) is 24.1 Å². The summed E-state index contributed by atoms with van der Waals surface area (Å²) < 4.78 is 33.2. The predicted octanol–water partition coefficient (Wildman–Crippen LogP) is 5.04. The van der Waals surface area contributed by atoms with Crippen molar-refractivity contribution in [1.29, 1.82) is 0 Å². The zero-order valence-corrected chi connectivity index (χ0v) is 16.2. The lowest BCUT2D eigenvalue weighted by Crippen LogP contribution is -2.48. The van der Waals surface area contributed by atoms with E-state index >= 15 is 0 Å². The Kier molecular flexibility index (Phi) is 5.35. The Bertz CT molecular complexity index is 917. The Balaban J connectivity index is 1.43. The van der Waals surface area contributed by atoms with Crippen LogP contribution in [0.5, 0.6) is 0 Å². The highest BCUT2D eigenvalue weighted by Crippen LogP contribution is 2.40. The number of hydrogen-bond acceptors (Lipinski definition) is 3. The number of aryl methyl sites for hydroxylation is 1. The molecule has 6 heteroatoms. The summed E-state index contributed by atoms with van der Waals surface area (Å²) in [4.78, 5) is 27.3. The van der Waals surface area contributed by atoms with E-state index in [4.69, 9.17) is 4.74 Å². The number of Topliss-reactive ketones (excluding diaryl/α,β-unsaturated/α-hetero) is 1. The molecule has 2 aliphatic heterocycles. The Labute approximate surface area is 168 Å². The quantitative estimate of drug-likeness (QED) is 0.677. The lowest BCUT2D eigenvalue weighted by Gasteiger charge is -2.37. The van der Waals surface area contributed by atoms with E-state index in [1.807, 2.05) is 30.3 Å². The largest absolute Gasteiger partial charge is 0.445 e. The summed E-state index contributed by atoms with van der Waals surface area (Å²) in [6, 6.07) is 11.4. The molecule has 2 atom stereocenters. The van der Waals surface area contributed by atoms with Crippen LogP contribution in [0.15, 0.2) is 42.5 Å². The predicted molar refractivity (Wildman–Crippen MR) is 103 cm³/mol. The average molecular weight is 399 g/mol. The van der Waals surface area contributed by atoms with Gasteiger partial charge in [-0.05, 0) is 49.8 Å². The van der Waals surface area contributed by atoms with Gasteiger partial charge in [-0.25, -0.2) is 13.6 Å². The second kappa shape index (κ2) is 7.93. The number of rotatable bonds is 4.